The van der Waals surface area contributed by atoms with E-state index in [1.165, 1.54) is 18.4 Å². The minimum absolute atomic E-state index is 0.00945. The summed E-state index contributed by atoms with van der Waals surface area (Å²) in [6, 6.07) is 4.56. The van der Waals surface area contributed by atoms with Crippen molar-refractivity contribution in [1.29, 1.82) is 0 Å². The van der Waals surface area contributed by atoms with Crippen LogP contribution in [0.3, 0.4) is 0 Å². The average Bonchev–Trinajstić information content (AvgIpc) is 2.79. The molecular weight excluding hydrogens is 282 g/mol. The molecule has 0 spiro atoms. The predicted molar refractivity (Wildman–Crippen MR) is 74.5 cm³/mol. The highest BCUT2D eigenvalue weighted by atomic mass is 35.5. The molecule has 0 bridgehead atoms. The van der Waals surface area contributed by atoms with E-state index in [1.54, 1.807) is 19.9 Å². The van der Waals surface area contributed by atoms with Crippen molar-refractivity contribution in [1.82, 2.24) is 0 Å². The fourth-order valence-corrected chi connectivity index (χ4v) is 2.01. The summed E-state index contributed by atoms with van der Waals surface area (Å²) in [5.41, 5.74) is 2.18. The van der Waals surface area contributed by atoms with Crippen molar-refractivity contribution in [2.45, 2.75) is 13.8 Å². The van der Waals surface area contributed by atoms with Gasteiger partial charge in [-0.3, -0.25) is 4.79 Å². The monoisotopic (exact) mass is 293 g/mol. The highest BCUT2D eigenvalue weighted by molar-refractivity contribution is 6.32. The average molecular weight is 294 g/mol. The van der Waals surface area contributed by atoms with Crippen LogP contribution in [0.4, 0.5) is 5.69 Å². The molecule has 2 N–H and O–H groups in total. The second-order valence-electron chi connectivity index (χ2n) is 4.33. The van der Waals surface area contributed by atoms with Gasteiger partial charge in [-0.25, -0.2) is 4.79 Å². The smallest absolute Gasteiger partial charge is 0.336 e. The van der Waals surface area contributed by atoms with Crippen LogP contribution in [0, 0.1) is 13.8 Å². The summed E-state index contributed by atoms with van der Waals surface area (Å²) in [5.74, 6) is -1.49. The lowest BCUT2D eigenvalue weighted by Gasteiger charge is -2.10. The molecule has 0 radical (unpaired) electrons. The van der Waals surface area contributed by atoms with E-state index in [9.17, 15) is 9.59 Å². The molecule has 0 aliphatic heterocycles. The van der Waals surface area contributed by atoms with Crippen LogP contribution in [0.2, 0.25) is 5.22 Å². The number of furan rings is 1. The first-order chi connectivity index (χ1) is 9.40. The largest absolute Gasteiger partial charge is 0.478 e. The number of aryl methyl sites for hydroxylation is 1. The number of hydrogen-bond acceptors (Lipinski definition) is 3. The van der Waals surface area contributed by atoms with Gasteiger partial charge in [0.15, 0.2) is 0 Å². The van der Waals surface area contributed by atoms with Crippen molar-refractivity contribution >= 4 is 29.2 Å². The zero-order valence-corrected chi connectivity index (χ0v) is 11.6. The summed E-state index contributed by atoms with van der Waals surface area (Å²) < 4.78 is 4.84. The fraction of sp³-hybridized carbons (Fsp3) is 0.143. The molecule has 0 fully saturated rings. The van der Waals surface area contributed by atoms with E-state index in [2.05, 4.69) is 5.32 Å². The zero-order chi connectivity index (χ0) is 14.9. The first kappa shape index (κ1) is 14.1. The van der Waals surface area contributed by atoms with Crippen LogP contribution in [0.25, 0.3) is 0 Å². The van der Waals surface area contributed by atoms with Gasteiger partial charge in [0, 0.05) is 5.69 Å². The Morgan fingerprint density at radius 2 is 1.95 bits per heavy atom. The van der Waals surface area contributed by atoms with E-state index >= 15 is 0 Å². The molecule has 1 aromatic carbocycles. The number of carbonyl (C=O) groups excluding carboxylic acids is 1. The van der Waals surface area contributed by atoms with Crippen LogP contribution in [-0.2, 0) is 0 Å². The third-order valence-corrected chi connectivity index (χ3v) is 3.31. The number of rotatable bonds is 3. The molecule has 1 amide bonds. The van der Waals surface area contributed by atoms with Crippen molar-refractivity contribution in [3.63, 3.8) is 0 Å². The molecule has 0 aliphatic carbocycles. The zero-order valence-electron chi connectivity index (χ0n) is 10.9. The van der Waals surface area contributed by atoms with Gasteiger partial charge in [-0.2, -0.15) is 0 Å². The lowest BCUT2D eigenvalue weighted by atomic mass is 10.0. The van der Waals surface area contributed by atoms with E-state index in [4.69, 9.17) is 21.1 Å². The summed E-state index contributed by atoms with van der Waals surface area (Å²) in [7, 11) is 0. The van der Waals surface area contributed by atoms with Gasteiger partial charge in [0.2, 0.25) is 5.22 Å². The maximum Gasteiger partial charge on any atom is 0.336 e. The number of carbonyl (C=O) groups is 2. The highest BCUT2D eigenvalue weighted by Gasteiger charge is 2.16. The Morgan fingerprint density at radius 3 is 2.50 bits per heavy atom. The highest BCUT2D eigenvalue weighted by Crippen LogP contribution is 2.22. The Bertz CT molecular complexity index is 690. The number of nitrogens with one attached hydrogen (secondary N) is 1. The fourth-order valence-electron chi connectivity index (χ4n) is 1.81. The first-order valence-electron chi connectivity index (χ1n) is 5.79. The molecule has 0 atom stereocenters. The number of hydrogen-bond donors (Lipinski definition) is 2. The first-order valence-corrected chi connectivity index (χ1v) is 6.17. The molecular formula is C14H12ClNO4. The van der Waals surface area contributed by atoms with Crippen LogP contribution >= 0.6 is 11.6 Å². The molecule has 0 saturated carbocycles. The molecule has 2 rings (SSSR count). The van der Waals surface area contributed by atoms with E-state index in [0.29, 0.717) is 11.3 Å². The topological polar surface area (TPSA) is 79.5 Å². The number of benzene rings is 1. The number of aromatic carboxylic acids is 1. The maximum atomic E-state index is 12.0. The number of anilines is 1. The Kier molecular flexibility index (Phi) is 3.81. The van der Waals surface area contributed by atoms with Crippen molar-refractivity contribution in [3.8, 4) is 0 Å². The van der Waals surface area contributed by atoms with Crippen LogP contribution in [0.1, 0.15) is 31.8 Å². The second kappa shape index (κ2) is 5.38. The number of carboxylic acid groups (broad SMARTS) is 1. The lowest BCUT2D eigenvalue weighted by molar-refractivity contribution is 0.0695. The van der Waals surface area contributed by atoms with Gasteiger partial charge < -0.3 is 14.8 Å². The molecule has 1 heterocycles. The molecule has 0 saturated heterocycles. The van der Waals surface area contributed by atoms with Gasteiger partial charge in [0.25, 0.3) is 5.91 Å². The minimum atomic E-state index is -1.04. The van der Waals surface area contributed by atoms with Crippen molar-refractivity contribution in [2.24, 2.45) is 0 Å². The molecule has 2 aromatic rings. The van der Waals surface area contributed by atoms with Crippen LogP contribution in [0.5, 0.6) is 0 Å². The van der Waals surface area contributed by atoms with Crippen molar-refractivity contribution in [3.05, 3.63) is 51.9 Å². The van der Waals surface area contributed by atoms with E-state index in [-0.39, 0.29) is 16.3 Å². The molecule has 6 heteroatoms. The Balaban J connectivity index is 2.33. The number of halogens is 1. The maximum absolute atomic E-state index is 12.0. The summed E-state index contributed by atoms with van der Waals surface area (Å²) in [6.07, 6.45) is 1.31. The molecule has 104 valence electrons. The van der Waals surface area contributed by atoms with Crippen LogP contribution < -0.4 is 5.32 Å². The second-order valence-corrected chi connectivity index (χ2v) is 4.68. The quantitative estimate of drug-likeness (QED) is 0.907. The normalized spacial score (nSPS) is 10.3. The van der Waals surface area contributed by atoms with Crippen molar-refractivity contribution in [2.75, 3.05) is 5.32 Å². The van der Waals surface area contributed by atoms with Gasteiger partial charge in [-0.1, -0.05) is 0 Å². The van der Waals surface area contributed by atoms with Gasteiger partial charge in [0.1, 0.15) is 0 Å². The molecule has 0 aliphatic rings. The summed E-state index contributed by atoms with van der Waals surface area (Å²) >= 11 is 5.72. The lowest BCUT2D eigenvalue weighted by Crippen LogP contribution is -2.13. The SMILES string of the molecule is Cc1cc(NC(=O)c2ccoc2Cl)cc(C(=O)O)c1C. The van der Waals surface area contributed by atoms with Gasteiger partial charge in [0.05, 0.1) is 17.4 Å². The Hall–Kier alpha value is -2.27. The van der Waals surface area contributed by atoms with Crippen molar-refractivity contribution < 1.29 is 19.1 Å². The predicted octanol–water partition coefficient (Wildman–Crippen LogP) is 3.50. The molecule has 1 aromatic heterocycles. The number of carboxylic acids is 1. The van der Waals surface area contributed by atoms with Gasteiger partial charge in [-0.05, 0) is 54.8 Å². The summed E-state index contributed by atoms with van der Waals surface area (Å²) in [4.78, 5) is 23.1. The van der Waals surface area contributed by atoms with Gasteiger partial charge >= 0.3 is 5.97 Å². The van der Waals surface area contributed by atoms with E-state index in [0.717, 1.165) is 5.56 Å². The third-order valence-electron chi connectivity index (χ3n) is 3.02. The van der Waals surface area contributed by atoms with E-state index < -0.39 is 11.9 Å². The molecule has 5 nitrogen and oxygen atoms in total. The van der Waals surface area contributed by atoms with E-state index in [1.807, 2.05) is 0 Å². The number of amides is 1. The third kappa shape index (κ3) is 2.67. The van der Waals surface area contributed by atoms with Gasteiger partial charge in [-0.15, -0.1) is 0 Å². The Morgan fingerprint density at radius 1 is 1.25 bits per heavy atom. The van der Waals surface area contributed by atoms with Crippen LogP contribution in [-0.4, -0.2) is 17.0 Å². The summed E-state index contributed by atoms with van der Waals surface area (Å²) in [6.45, 7) is 3.50. The molecule has 0 unspecified atom stereocenters. The molecule has 20 heavy (non-hydrogen) atoms. The Labute approximate surface area is 120 Å². The van der Waals surface area contributed by atoms with Crippen LogP contribution in [0.15, 0.2) is 28.9 Å². The minimum Gasteiger partial charge on any atom is -0.478 e. The standard InChI is InChI=1S/C14H12ClNO4/c1-7-5-9(6-11(8(7)2)14(18)19)16-13(17)10-3-4-20-12(10)15/h3-6H,1-2H3,(H,16,17)(H,18,19). The summed E-state index contributed by atoms with van der Waals surface area (Å²) in [5, 5.41) is 11.7.